The average Bonchev–Trinajstić information content (AvgIpc) is 3.15. The normalized spacial score (nSPS) is 19.0. The van der Waals surface area contributed by atoms with E-state index in [0.29, 0.717) is 24.3 Å². The lowest BCUT2D eigenvalue weighted by Crippen LogP contribution is -2.53. The van der Waals surface area contributed by atoms with Crippen molar-refractivity contribution in [3.05, 3.63) is 101 Å². The summed E-state index contributed by atoms with van der Waals surface area (Å²) < 4.78 is 15.1. The molecule has 39 heavy (non-hydrogen) atoms. The van der Waals surface area contributed by atoms with Gasteiger partial charge in [-0.2, -0.15) is 11.8 Å². The second-order valence-corrected chi connectivity index (χ2v) is 10.5. The van der Waals surface area contributed by atoms with Crippen LogP contribution in [0, 0.1) is 5.82 Å². The number of carbonyl (C=O) groups excluding carboxylic acids is 4. The summed E-state index contributed by atoms with van der Waals surface area (Å²) in [5, 5.41) is 0. The number of anilines is 1. The predicted molar refractivity (Wildman–Crippen MR) is 145 cm³/mol. The first-order valence-corrected chi connectivity index (χ1v) is 13.7. The summed E-state index contributed by atoms with van der Waals surface area (Å²) in [5.41, 5.74) is 1.31. The molecule has 6 rings (SSSR count). The molecule has 10 heteroatoms. The van der Waals surface area contributed by atoms with Crippen LogP contribution < -0.4 is 4.90 Å². The first-order valence-electron chi connectivity index (χ1n) is 12.5. The van der Waals surface area contributed by atoms with Gasteiger partial charge >= 0.3 is 0 Å². The summed E-state index contributed by atoms with van der Waals surface area (Å²) in [6.45, 7) is 0.818. The Balaban J connectivity index is 1.50. The molecule has 0 bridgehead atoms. The average molecular weight is 543 g/mol. The second kappa shape index (κ2) is 10.1. The van der Waals surface area contributed by atoms with E-state index < -0.39 is 29.7 Å². The highest BCUT2D eigenvalue weighted by molar-refractivity contribution is 7.99. The highest BCUT2D eigenvalue weighted by Gasteiger charge is 2.46. The van der Waals surface area contributed by atoms with Gasteiger partial charge in [0.15, 0.2) is 0 Å². The largest absolute Gasteiger partial charge is 0.339 e. The Kier molecular flexibility index (Phi) is 6.48. The number of imide groups is 1. The summed E-state index contributed by atoms with van der Waals surface area (Å²) >= 11 is 1.76. The van der Waals surface area contributed by atoms with Crippen LogP contribution in [-0.4, -0.2) is 76.4 Å². The van der Waals surface area contributed by atoms with E-state index in [1.807, 2.05) is 0 Å². The van der Waals surface area contributed by atoms with E-state index in [1.165, 1.54) is 35.2 Å². The van der Waals surface area contributed by atoms with Crippen molar-refractivity contribution in [1.29, 1.82) is 0 Å². The Morgan fingerprint density at radius 1 is 0.821 bits per heavy atom. The van der Waals surface area contributed by atoms with Gasteiger partial charge in [-0.15, -0.1) is 0 Å². The molecule has 4 amide bonds. The minimum atomic E-state index is -1.64. The summed E-state index contributed by atoms with van der Waals surface area (Å²) in [6, 6.07) is 19.1. The van der Waals surface area contributed by atoms with E-state index in [1.54, 1.807) is 59.1 Å². The van der Waals surface area contributed by atoms with E-state index in [9.17, 15) is 19.2 Å². The van der Waals surface area contributed by atoms with Crippen LogP contribution in [0.2, 0.25) is 0 Å². The molecular weight excluding hydrogens is 519 g/mol. The van der Waals surface area contributed by atoms with Gasteiger partial charge in [-0.25, -0.2) is 14.3 Å². The van der Waals surface area contributed by atoms with Gasteiger partial charge in [0.1, 0.15) is 12.4 Å². The molecule has 0 N–H and O–H groups in total. The standard InChI is InChI=1S/C29H23FN4O4S/c30-22-11-5-3-9-20(22)25-21-10-4-6-12-23(21)33(17-24(35)32-13-15-39-16-14-32)29(38)26(31-25)34-27(36)18-7-1-2-8-19(18)28(34)37/h1-12,26H,13-17H2/t26-/m0/s1. The van der Waals surface area contributed by atoms with E-state index in [4.69, 9.17) is 0 Å². The van der Waals surface area contributed by atoms with Gasteiger partial charge < -0.3 is 4.90 Å². The van der Waals surface area contributed by atoms with Crippen molar-refractivity contribution in [2.75, 3.05) is 36.0 Å². The van der Waals surface area contributed by atoms with Gasteiger partial charge in [0.2, 0.25) is 12.1 Å². The van der Waals surface area contributed by atoms with Crippen molar-refractivity contribution in [2.24, 2.45) is 4.99 Å². The van der Waals surface area contributed by atoms with Crippen LogP contribution >= 0.6 is 11.8 Å². The smallest absolute Gasteiger partial charge is 0.273 e. The summed E-state index contributed by atoms with van der Waals surface area (Å²) in [4.78, 5) is 62.8. The highest BCUT2D eigenvalue weighted by atomic mass is 32.2. The fraction of sp³-hybridized carbons (Fsp3) is 0.207. The number of nitrogens with zero attached hydrogens (tertiary/aromatic N) is 4. The number of amides is 4. The third-order valence-corrected chi connectivity index (χ3v) is 7.99. The number of carbonyl (C=O) groups is 4. The number of fused-ring (bicyclic) bond motifs is 2. The van der Waals surface area contributed by atoms with Crippen molar-refractivity contribution in [2.45, 2.75) is 6.17 Å². The lowest BCUT2D eigenvalue weighted by Gasteiger charge is -2.31. The van der Waals surface area contributed by atoms with E-state index >= 15 is 4.39 Å². The quantitative estimate of drug-likeness (QED) is 0.473. The van der Waals surface area contributed by atoms with Crippen LogP contribution in [0.25, 0.3) is 0 Å². The predicted octanol–water partition coefficient (Wildman–Crippen LogP) is 3.21. The minimum absolute atomic E-state index is 0.112. The molecule has 196 valence electrons. The molecular formula is C29H23FN4O4S. The lowest BCUT2D eigenvalue weighted by molar-refractivity contribution is -0.131. The molecule has 3 aromatic carbocycles. The molecule has 3 heterocycles. The van der Waals surface area contributed by atoms with Gasteiger partial charge in [0, 0.05) is 35.7 Å². The summed E-state index contributed by atoms with van der Waals surface area (Å²) in [5.74, 6) is -1.29. The first kappa shape index (κ1) is 25.0. The fourth-order valence-electron chi connectivity index (χ4n) is 5.09. The Morgan fingerprint density at radius 2 is 1.38 bits per heavy atom. The minimum Gasteiger partial charge on any atom is -0.339 e. The fourth-order valence-corrected chi connectivity index (χ4v) is 5.99. The number of rotatable bonds is 4. The van der Waals surface area contributed by atoms with Crippen LogP contribution in [0.1, 0.15) is 31.8 Å². The molecule has 3 aromatic rings. The van der Waals surface area contributed by atoms with Crippen LogP contribution in [0.5, 0.6) is 0 Å². The molecule has 0 aromatic heterocycles. The van der Waals surface area contributed by atoms with Crippen LogP contribution in [0.4, 0.5) is 10.1 Å². The zero-order valence-electron chi connectivity index (χ0n) is 20.7. The van der Waals surface area contributed by atoms with Gasteiger partial charge in [-0.05, 0) is 30.3 Å². The number of aliphatic imine (C=N–C) groups is 1. The van der Waals surface area contributed by atoms with Gasteiger partial charge in [-0.3, -0.25) is 24.1 Å². The van der Waals surface area contributed by atoms with Crippen LogP contribution in [0.3, 0.4) is 0 Å². The Labute approximate surface area is 228 Å². The topological polar surface area (TPSA) is 90.4 Å². The summed E-state index contributed by atoms with van der Waals surface area (Å²) in [6.07, 6.45) is -1.64. The molecule has 8 nitrogen and oxygen atoms in total. The van der Waals surface area contributed by atoms with E-state index in [0.717, 1.165) is 16.4 Å². The number of para-hydroxylation sites is 1. The number of halogens is 1. The maximum atomic E-state index is 15.1. The zero-order valence-corrected chi connectivity index (χ0v) is 21.6. The van der Waals surface area contributed by atoms with Crippen molar-refractivity contribution in [1.82, 2.24) is 9.80 Å². The van der Waals surface area contributed by atoms with Crippen molar-refractivity contribution >= 4 is 46.8 Å². The molecule has 1 saturated heterocycles. The van der Waals surface area contributed by atoms with E-state index in [2.05, 4.69) is 4.99 Å². The SMILES string of the molecule is O=C(CN1C(=O)[C@H](N2C(=O)c3ccccc3C2=O)N=C(c2ccccc2F)c2ccccc21)N1CCSCC1. The number of thioether (sulfide) groups is 1. The Bertz CT molecular complexity index is 1520. The Morgan fingerprint density at radius 3 is 2.03 bits per heavy atom. The Hall–Kier alpha value is -4.31. The van der Waals surface area contributed by atoms with Gasteiger partial charge in [-0.1, -0.05) is 42.5 Å². The highest BCUT2D eigenvalue weighted by Crippen LogP contribution is 2.33. The number of benzodiazepines with no additional fused rings is 1. The maximum absolute atomic E-state index is 15.1. The maximum Gasteiger partial charge on any atom is 0.273 e. The molecule has 3 aliphatic heterocycles. The van der Waals surface area contributed by atoms with Crippen molar-refractivity contribution in [3.63, 3.8) is 0 Å². The molecule has 0 radical (unpaired) electrons. The van der Waals surface area contributed by atoms with Gasteiger partial charge in [0.25, 0.3) is 17.7 Å². The van der Waals surface area contributed by atoms with Crippen LogP contribution in [0.15, 0.2) is 77.8 Å². The van der Waals surface area contributed by atoms with Crippen molar-refractivity contribution in [3.8, 4) is 0 Å². The molecule has 1 fully saturated rings. The monoisotopic (exact) mass is 542 g/mol. The van der Waals surface area contributed by atoms with E-state index in [-0.39, 0.29) is 34.9 Å². The molecule has 1 atom stereocenters. The first-order chi connectivity index (χ1) is 19.0. The number of hydrogen-bond donors (Lipinski definition) is 0. The van der Waals surface area contributed by atoms with Gasteiger partial charge in [0.05, 0.1) is 22.5 Å². The third kappa shape index (κ3) is 4.30. The summed E-state index contributed by atoms with van der Waals surface area (Å²) in [7, 11) is 0. The second-order valence-electron chi connectivity index (χ2n) is 9.29. The molecule has 0 unspecified atom stereocenters. The van der Waals surface area contributed by atoms with Crippen molar-refractivity contribution < 1.29 is 23.6 Å². The lowest BCUT2D eigenvalue weighted by atomic mass is 9.99. The molecule has 3 aliphatic rings. The number of benzene rings is 3. The number of hydrogen-bond acceptors (Lipinski definition) is 6. The molecule has 0 spiro atoms. The van der Waals surface area contributed by atoms with Crippen LogP contribution in [-0.2, 0) is 9.59 Å². The zero-order chi connectivity index (χ0) is 27.1. The third-order valence-electron chi connectivity index (χ3n) is 7.04. The molecule has 0 aliphatic carbocycles. The molecule has 0 saturated carbocycles.